The standard InChI is InChI=1S/C16H15N3O3/c1-11(20)19(14-9-7-12(17)8-10-14)16(22)15(21)18-13-5-3-2-4-6-13/h2-10H,17H2,1H3,(H,18,21). The number of anilines is 3. The Morgan fingerprint density at radius 1 is 0.955 bits per heavy atom. The Morgan fingerprint density at radius 3 is 2.09 bits per heavy atom. The Labute approximate surface area is 127 Å². The first-order valence-electron chi connectivity index (χ1n) is 6.55. The van der Waals surface area contributed by atoms with E-state index < -0.39 is 17.7 Å². The van der Waals surface area contributed by atoms with E-state index in [4.69, 9.17) is 5.73 Å². The average molecular weight is 297 g/mol. The number of hydrogen-bond acceptors (Lipinski definition) is 4. The van der Waals surface area contributed by atoms with Crippen molar-refractivity contribution in [2.75, 3.05) is 16.0 Å². The lowest BCUT2D eigenvalue weighted by molar-refractivity contribution is -0.136. The maximum absolute atomic E-state index is 12.2. The van der Waals surface area contributed by atoms with Gasteiger partial charge in [0, 0.05) is 18.3 Å². The highest BCUT2D eigenvalue weighted by Crippen LogP contribution is 2.17. The Balaban J connectivity index is 2.21. The summed E-state index contributed by atoms with van der Waals surface area (Å²) in [5, 5.41) is 2.45. The summed E-state index contributed by atoms with van der Waals surface area (Å²) in [4.78, 5) is 36.8. The monoisotopic (exact) mass is 297 g/mol. The molecular weight excluding hydrogens is 282 g/mol. The molecule has 0 unspecified atom stereocenters. The molecule has 2 aromatic carbocycles. The first-order chi connectivity index (χ1) is 10.5. The van der Waals surface area contributed by atoms with Gasteiger partial charge in [-0.2, -0.15) is 0 Å². The molecule has 0 radical (unpaired) electrons. The van der Waals surface area contributed by atoms with Crippen molar-refractivity contribution in [3.05, 3.63) is 54.6 Å². The normalized spacial score (nSPS) is 9.86. The number of nitrogens with one attached hydrogen (secondary N) is 1. The number of imide groups is 1. The van der Waals surface area contributed by atoms with Gasteiger partial charge in [0.15, 0.2) is 0 Å². The van der Waals surface area contributed by atoms with Crippen LogP contribution in [-0.2, 0) is 14.4 Å². The zero-order chi connectivity index (χ0) is 16.1. The molecular formula is C16H15N3O3. The van der Waals surface area contributed by atoms with E-state index in [0.717, 1.165) is 4.90 Å². The van der Waals surface area contributed by atoms with Crippen molar-refractivity contribution in [2.45, 2.75) is 6.92 Å². The molecule has 0 saturated carbocycles. The fraction of sp³-hybridized carbons (Fsp3) is 0.0625. The van der Waals surface area contributed by atoms with Gasteiger partial charge in [0.1, 0.15) is 0 Å². The summed E-state index contributed by atoms with van der Waals surface area (Å²) in [5.41, 5.74) is 6.83. The van der Waals surface area contributed by atoms with Crippen LogP contribution in [0.4, 0.5) is 17.1 Å². The lowest BCUT2D eigenvalue weighted by Gasteiger charge is -2.18. The third-order valence-electron chi connectivity index (χ3n) is 2.90. The number of nitrogens with zero attached hydrogens (tertiary/aromatic N) is 1. The number of amides is 3. The molecule has 3 N–H and O–H groups in total. The summed E-state index contributed by atoms with van der Waals surface area (Å²) in [6, 6.07) is 14.6. The Kier molecular flexibility index (Phi) is 4.53. The maximum atomic E-state index is 12.2. The summed E-state index contributed by atoms with van der Waals surface area (Å²) in [7, 11) is 0. The lowest BCUT2D eigenvalue weighted by Crippen LogP contribution is -2.42. The van der Waals surface area contributed by atoms with Crippen LogP contribution in [0, 0.1) is 0 Å². The van der Waals surface area contributed by atoms with E-state index >= 15 is 0 Å². The minimum Gasteiger partial charge on any atom is -0.399 e. The van der Waals surface area contributed by atoms with Gasteiger partial charge in [-0.3, -0.25) is 14.4 Å². The molecule has 22 heavy (non-hydrogen) atoms. The summed E-state index contributed by atoms with van der Waals surface area (Å²) >= 11 is 0. The first kappa shape index (κ1) is 15.2. The highest BCUT2D eigenvalue weighted by molar-refractivity contribution is 6.48. The zero-order valence-electron chi connectivity index (χ0n) is 11.9. The van der Waals surface area contributed by atoms with Crippen LogP contribution in [0.15, 0.2) is 54.6 Å². The van der Waals surface area contributed by atoms with Gasteiger partial charge in [0.2, 0.25) is 5.91 Å². The van der Waals surface area contributed by atoms with Crippen LogP contribution in [0.25, 0.3) is 0 Å². The van der Waals surface area contributed by atoms with E-state index in [0.29, 0.717) is 11.4 Å². The molecule has 0 fully saturated rings. The Morgan fingerprint density at radius 2 is 1.55 bits per heavy atom. The van der Waals surface area contributed by atoms with Crippen LogP contribution < -0.4 is 16.0 Å². The van der Waals surface area contributed by atoms with Crippen molar-refractivity contribution in [1.29, 1.82) is 0 Å². The molecule has 6 heteroatoms. The molecule has 6 nitrogen and oxygen atoms in total. The van der Waals surface area contributed by atoms with E-state index in [-0.39, 0.29) is 5.69 Å². The van der Waals surface area contributed by atoms with Gasteiger partial charge in [-0.1, -0.05) is 18.2 Å². The van der Waals surface area contributed by atoms with Gasteiger partial charge in [-0.25, -0.2) is 4.90 Å². The zero-order valence-corrected chi connectivity index (χ0v) is 11.9. The molecule has 0 aliphatic carbocycles. The van der Waals surface area contributed by atoms with E-state index in [9.17, 15) is 14.4 Å². The lowest BCUT2D eigenvalue weighted by atomic mass is 10.2. The summed E-state index contributed by atoms with van der Waals surface area (Å²) < 4.78 is 0. The highest BCUT2D eigenvalue weighted by atomic mass is 16.2. The number of rotatable bonds is 2. The van der Waals surface area contributed by atoms with Gasteiger partial charge >= 0.3 is 11.8 Å². The van der Waals surface area contributed by atoms with Crippen molar-refractivity contribution in [3.63, 3.8) is 0 Å². The number of carbonyl (C=O) groups is 3. The molecule has 2 aromatic rings. The van der Waals surface area contributed by atoms with Crippen LogP contribution in [0.3, 0.4) is 0 Å². The quantitative estimate of drug-likeness (QED) is 0.653. The van der Waals surface area contributed by atoms with Gasteiger partial charge in [-0.15, -0.1) is 0 Å². The second kappa shape index (κ2) is 6.53. The molecule has 0 atom stereocenters. The fourth-order valence-electron chi connectivity index (χ4n) is 1.87. The highest BCUT2D eigenvalue weighted by Gasteiger charge is 2.26. The molecule has 112 valence electrons. The number of hydrogen-bond donors (Lipinski definition) is 2. The van der Waals surface area contributed by atoms with Crippen LogP contribution in [0.1, 0.15) is 6.92 Å². The number of carbonyl (C=O) groups excluding carboxylic acids is 3. The topological polar surface area (TPSA) is 92.5 Å². The Bertz CT molecular complexity index is 696. The van der Waals surface area contributed by atoms with Crippen molar-refractivity contribution < 1.29 is 14.4 Å². The fourth-order valence-corrected chi connectivity index (χ4v) is 1.87. The predicted molar refractivity (Wildman–Crippen MR) is 84.1 cm³/mol. The van der Waals surface area contributed by atoms with Crippen molar-refractivity contribution in [1.82, 2.24) is 0 Å². The first-order valence-corrected chi connectivity index (χ1v) is 6.55. The minimum atomic E-state index is -0.957. The van der Waals surface area contributed by atoms with Gasteiger partial charge in [0.25, 0.3) is 0 Å². The molecule has 0 aromatic heterocycles. The average Bonchev–Trinajstić information content (AvgIpc) is 2.50. The van der Waals surface area contributed by atoms with Crippen molar-refractivity contribution in [3.8, 4) is 0 Å². The van der Waals surface area contributed by atoms with E-state index in [2.05, 4.69) is 5.32 Å². The largest absolute Gasteiger partial charge is 0.399 e. The van der Waals surface area contributed by atoms with Crippen LogP contribution in [-0.4, -0.2) is 17.7 Å². The van der Waals surface area contributed by atoms with E-state index in [1.165, 1.54) is 19.1 Å². The summed E-state index contributed by atoms with van der Waals surface area (Å²) in [5.74, 6) is -2.41. The van der Waals surface area contributed by atoms with E-state index in [1.807, 2.05) is 0 Å². The maximum Gasteiger partial charge on any atom is 0.323 e. The van der Waals surface area contributed by atoms with Crippen molar-refractivity contribution in [2.24, 2.45) is 0 Å². The molecule has 0 aliphatic heterocycles. The molecule has 0 spiro atoms. The molecule has 0 bridgehead atoms. The van der Waals surface area contributed by atoms with Crippen molar-refractivity contribution >= 4 is 34.8 Å². The summed E-state index contributed by atoms with van der Waals surface area (Å²) in [6.45, 7) is 1.21. The predicted octanol–water partition coefficient (Wildman–Crippen LogP) is 1.79. The second-order valence-electron chi connectivity index (χ2n) is 4.57. The number of nitrogens with two attached hydrogens (primary N) is 1. The van der Waals surface area contributed by atoms with Gasteiger partial charge < -0.3 is 11.1 Å². The third kappa shape index (κ3) is 3.49. The molecule has 3 amide bonds. The minimum absolute atomic E-state index is 0.287. The number of para-hydroxylation sites is 1. The molecule has 0 saturated heterocycles. The van der Waals surface area contributed by atoms with Gasteiger partial charge in [0.05, 0.1) is 5.69 Å². The van der Waals surface area contributed by atoms with E-state index in [1.54, 1.807) is 42.5 Å². The summed E-state index contributed by atoms with van der Waals surface area (Å²) in [6.07, 6.45) is 0. The van der Waals surface area contributed by atoms with Crippen LogP contribution in [0.2, 0.25) is 0 Å². The SMILES string of the molecule is CC(=O)N(C(=O)C(=O)Nc1ccccc1)c1ccc(N)cc1. The van der Waals surface area contributed by atoms with Crippen LogP contribution in [0.5, 0.6) is 0 Å². The third-order valence-corrected chi connectivity index (χ3v) is 2.90. The number of nitrogen functional groups attached to an aromatic ring is 1. The number of benzene rings is 2. The molecule has 0 heterocycles. The van der Waals surface area contributed by atoms with Crippen LogP contribution >= 0.6 is 0 Å². The van der Waals surface area contributed by atoms with Gasteiger partial charge in [-0.05, 0) is 36.4 Å². The smallest absolute Gasteiger partial charge is 0.323 e. The molecule has 0 aliphatic rings. The second-order valence-corrected chi connectivity index (χ2v) is 4.57. The molecule has 2 rings (SSSR count). The Hall–Kier alpha value is -3.15.